The van der Waals surface area contributed by atoms with Gasteiger partial charge in [0.25, 0.3) is 11.8 Å². The lowest BCUT2D eigenvalue weighted by Gasteiger charge is -2.13. The van der Waals surface area contributed by atoms with E-state index in [9.17, 15) is 22.8 Å². The molecule has 2 rings (SSSR count). The maximum atomic E-state index is 11.9. The van der Waals surface area contributed by atoms with E-state index in [2.05, 4.69) is 0 Å². The van der Waals surface area contributed by atoms with Crippen molar-refractivity contribution < 1.29 is 32.7 Å². The van der Waals surface area contributed by atoms with Crippen LogP contribution in [0.1, 0.15) is 20.7 Å². The predicted molar refractivity (Wildman–Crippen MR) is 71.0 cm³/mol. The molecule has 0 saturated carbocycles. The van der Waals surface area contributed by atoms with Gasteiger partial charge in [-0.3, -0.25) is 14.4 Å². The van der Waals surface area contributed by atoms with Gasteiger partial charge in [0.05, 0.1) is 17.7 Å². The molecule has 1 aliphatic heterocycles. The number of carboxylic acid groups (broad SMARTS) is 1. The maximum absolute atomic E-state index is 11.9. The first-order chi connectivity index (χ1) is 10.3. The molecule has 1 aromatic carbocycles. The molecule has 3 N–H and O–H groups in total. The number of nitrogens with zero attached hydrogens (tertiary/aromatic N) is 1. The van der Waals surface area contributed by atoms with E-state index < -0.39 is 28.1 Å². The van der Waals surface area contributed by atoms with Crippen LogP contribution in [0.3, 0.4) is 0 Å². The average molecular weight is 329 g/mol. The smallest absolute Gasteiger partial charge is 0.419 e. The van der Waals surface area contributed by atoms with Gasteiger partial charge in [-0.1, -0.05) is 12.1 Å². The predicted octanol–water partition coefficient (Wildman–Crippen LogP) is -0.684. The van der Waals surface area contributed by atoms with Crippen molar-refractivity contribution in [3.63, 3.8) is 0 Å². The van der Waals surface area contributed by atoms with Crippen LogP contribution in [0.2, 0.25) is 0 Å². The number of carbonyl (C=O) groups is 3. The molecule has 0 unspecified atom stereocenters. The van der Waals surface area contributed by atoms with E-state index in [1.54, 1.807) is 12.1 Å². The van der Waals surface area contributed by atoms with E-state index in [1.807, 2.05) is 4.72 Å². The van der Waals surface area contributed by atoms with Crippen LogP contribution in [0.5, 0.6) is 0 Å². The zero-order valence-electron chi connectivity index (χ0n) is 11.0. The molecule has 0 aliphatic carbocycles. The Morgan fingerprint density at radius 1 is 1.18 bits per heavy atom. The van der Waals surface area contributed by atoms with Crippen LogP contribution in [0.25, 0.3) is 0 Å². The Labute approximate surface area is 124 Å². The lowest BCUT2D eigenvalue weighted by atomic mass is 10.1. The molecule has 1 heterocycles. The van der Waals surface area contributed by atoms with Crippen LogP contribution in [-0.2, 0) is 15.0 Å². The standard InChI is InChI=1S/C11H11N3O7S/c15-9-7-3-1-2-4-8(7)10(16)14(9)21-6-5-12-22(19,20)13-11(17)18/h1-4,12-13H,5-6H2,(H,17,18). The highest BCUT2D eigenvalue weighted by Gasteiger charge is 2.36. The van der Waals surface area contributed by atoms with Crippen LogP contribution >= 0.6 is 0 Å². The summed E-state index contributed by atoms with van der Waals surface area (Å²) in [6.45, 7) is -0.679. The Balaban J connectivity index is 1.88. The molecule has 11 heteroatoms. The molecule has 3 amide bonds. The van der Waals surface area contributed by atoms with Crippen LogP contribution in [0, 0.1) is 0 Å². The summed E-state index contributed by atoms with van der Waals surface area (Å²) < 4.78 is 25.4. The van der Waals surface area contributed by atoms with Gasteiger partial charge < -0.3 is 5.11 Å². The molecule has 1 aromatic rings. The van der Waals surface area contributed by atoms with Crippen molar-refractivity contribution >= 4 is 28.1 Å². The van der Waals surface area contributed by atoms with Gasteiger partial charge in [0, 0.05) is 6.54 Å². The maximum Gasteiger partial charge on any atom is 0.419 e. The summed E-state index contributed by atoms with van der Waals surface area (Å²) in [6, 6.07) is 6.13. The van der Waals surface area contributed by atoms with Crippen molar-refractivity contribution in [3.05, 3.63) is 35.4 Å². The summed E-state index contributed by atoms with van der Waals surface area (Å²) in [5.74, 6) is -1.29. The molecule has 0 atom stereocenters. The summed E-state index contributed by atoms with van der Waals surface area (Å²) in [4.78, 5) is 38.9. The van der Waals surface area contributed by atoms with Crippen molar-refractivity contribution in [2.45, 2.75) is 0 Å². The summed E-state index contributed by atoms with van der Waals surface area (Å²) in [7, 11) is -4.23. The zero-order chi connectivity index (χ0) is 16.3. The van der Waals surface area contributed by atoms with E-state index >= 15 is 0 Å². The van der Waals surface area contributed by atoms with E-state index in [-0.39, 0.29) is 24.3 Å². The number of hydroxylamine groups is 2. The Morgan fingerprint density at radius 2 is 1.73 bits per heavy atom. The van der Waals surface area contributed by atoms with Crippen molar-refractivity contribution in [2.24, 2.45) is 0 Å². The number of imide groups is 1. The normalized spacial score (nSPS) is 14.1. The third-order valence-corrected chi connectivity index (χ3v) is 3.62. The highest BCUT2D eigenvalue weighted by atomic mass is 32.2. The van der Waals surface area contributed by atoms with Gasteiger partial charge >= 0.3 is 16.3 Å². The van der Waals surface area contributed by atoms with Gasteiger partial charge in [0.15, 0.2) is 0 Å². The molecular weight excluding hydrogens is 318 g/mol. The third-order valence-electron chi connectivity index (χ3n) is 2.59. The quantitative estimate of drug-likeness (QED) is 0.463. The molecule has 0 fully saturated rings. The third kappa shape index (κ3) is 3.39. The van der Waals surface area contributed by atoms with Gasteiger partial charge in [0.2, 0.25) is 0 Å². The highest BCUT2D eigenvalue weighted by molar-refractivity contribution is 7.88. The second kappa shape index (κ2) is 6.09. The van der Waals surface area contributed by atoms with Gasteiger partial charge in [-0.25, -0.2) is 9.52 Å². The molecule has 0 bridgehead atoms. The molecule has 118 valence electrons. The molecule has 0 saturated heterocycles. The number of carbonyl (C=O) groups excluding carboxylic acids is 2. The summed E-state index contributed by atoms with van der Waals surface area (Å²) >= 11 is 0. The zero-order valence-corrected chi connectivity index (χ0v) is 11.8. The average Bonchev–Trinajstić information content (AvgIpc) is 2.67. The molecule has 0 aromatic heterocycles. The Bertz CT molecular complexity index is 696. The highest BCUT2D eigenvalue weighted by Crippen LogP contribution is 2.22. The number of hydrogen-bond donors (Lipinski definition) is 3. The largest absolute Gasteiger partial charge is 0.464 e. The topological polar surface area (TPSA) is 142 Å². The second-order valence-electron chi connectivity index (χ2n) is 4.09. The number of fused-ring (bicyclic) bond motifs is 1. The van der Waals surface area contributed by atoms with E-state index in [0.29, 0.717) is 5.06 Å². The van der Waals surface area contributed by atoms with Crippen molar-refractivity contribution in [1.29, 1.82) is 0 Å². The molecule has 22 heavy (non-hydrogen) atoms. The fourth-order valence-electron chi connectivity index (χ4n) is 1.75. The monoisotopic (exact) mass is 329 g/mol. The Hall–Kier alpha value is -2.50. The van der Waals surface area contributed by atoms with Gasteiger partial charge in [-0.15, -0.1) is 5.06 Å². The first kappa shape index (κ1) is 15.9. The van der Waals surface area contributed by atoms with E-state index in [0.717, 1.165) is 0 Å². The SMILES string of the molecule is O=C(O)NS(=O)(=O)NCCON1C(=O)c2ccccc2C1=O. The molecular formula is C11H11N3O7S. The van der Waals surface area contributed by atoms with Crippen LogP contribution in [-0.4, -0.2) is 49.6 Å². The van der Waals surface area contributed by atoms with Crippen molar-refractivity contribution in [2.75, 3.05) is 13.2 Å². The number of nitrogens with one attached hydrogen (secondary N) is 2. The number of hydrogen-bond acceptors (Lipinski definition) is 6. The fraction of sp³-hybridized carbons (Fsp3) is 0.182. The van der Waals surface area contributed by atoms with Crippen LogP contribution in [0.15, 0.2) is 24.3 Å². The lowest BCUT2D eigenvalue weighted by molar-refractivity contribution is -0.0888. The van der Waals surface area contributed by atoms with Gasteiger partial charge in [-0.2, -0.15) is 13.1 Å². The molecule has 0 radical (unpaired) electrons. The number of amides is 3. The van der Waals surface area contributed by atoms with Crippen LogP contribution in [0.4, 0.5) is 4.79 Å². The number of benzene rings is 1. The lowest BCUT2D eigenvalue weighted by Crippen LogP contribution is -2.41. The van der Waals surface area contributed by atoms with Gasteiger partial charge in [0.1, 0.15) is 0 Å². The fourth-order valence-corrected chi connectivity index (χ4v) is 2.40. The van der Waals surface area contributed by atoms with Crippen molar-refractivity contribution in [1.82, 2.24) is 14.5 Å². The Morgan fingerprint density at radius 3 is 2.23 bits per heavy atom. The molecule has 10 nitrogen and oxygen atoms in total. The number of rotatable bonds is 6. The summed E-state index contributed by atoms with van der Waals surface area (Å²) in [5, 5.41) is 8.82. The van der Waals surface area contributed by atoms with E-state index in [4.69, 9.17) is 9.94 Å². The molecule has 1 aliphatic rings. The Kier molecular flexibility index (Phi) is 4.40. The second-order valence-corrected chi connectivity index (χ2v) is 5.59. The van der Waals surface area contributed by atoms with E-state index in [1.165, 1.54) is 16.9 Å². The minimum absolute atomic E-state index is 0.195. The van der Waals surface area contributed by atoms with Gasteiger partial charge in [-0.05, 0) is 12.1 Å². The summed E-state index contributed by atoms with van der Waals surface area (Å²) in [5.41, 5.74) is 0.390. The van der Waals surface area contributed by atoms with Crippen molar-refractivity contribution in [3.8, 4) is 0 Å². The minimum Gasteiger partial charge on any atom is -0.464 e. The molecule has 0 spiro atoms. The minimum atomic E-state index is -4.23. The van der Waals surface area contributed by atoms with Crippen LogP contribution < -0.4 is 9.44 Å². The first-order valence-corrected chi connectivity index (χ1v) is 7.41. The summed E-state index contributed by atoms with van der Waals surface area (Å²) in [6.07, 6.45) is -1.74. The first-order valence-electron chi connectivity index (χ1n) is 5.93.